The molecule has 0 aromatic heterocycles. The van der Waals surface area contributed by atoms with Crippen LogP contribution < -0.4 is 0 Å². The fourth-order valence-corrected chi connectivity index (χ4v) is 3.81. The third-order valence-electron chi connectivity index (χ3n) is 3.20. The van der Waals surface area contributed by atoms with Crippen molar-refractivity contribution in [2.75, 3.05) is 19.8 Å². The molecule has 112 valence electrons. The highest BCUT2D eigenvalue weighted by atomic mass is 32.2. The minimum Gasteiger partial charge on any atom is -0.391 e. The summed E-state index contributed by atoms with van der Waals surface area (Å²) in [6.07, 6.45) is 0. The van der Waals surface area contributed by atoms with Gasteiger partial charge in [0, 0.05) is 12.6 Å². The van der Waals surface area contributed by atoms with E-state index >= 15 is 0 Å². The maximum atomic E-state index is 14.1. The molecular formula is C12H15F2NO4S. The van der Waals surface area contributed by atoms with Gasteiger partial charge in [-0.3, -0.25) is 0 Å². The molecule has 2 rings (SSSR count). The number of hydrogen-bond donors (Lipinski definition) is 1. The van der Waals surface area contributed by atoms with Gasteiger partial charge in [0.2, 0.25) is 10.0 Å². The van der Waals surface area contributed by atoms with Crippen LogP contribution in [-0.2, 0) is 21.4 Å². The van der Waals surface area contributed by atoms with Crippen LogP contribution in [0.2, 0.25) is 0 Å². The summed E-state index contributed by atoms with van der Waals surface area (Å²) >= 11 is 0. The lowest BCUT2D eigenvalue weighted by Gasteiger charge is -2.32. The van der Waals surface area contributed by atoms with Gasteiger partial charge in [-0.15, -0.1) is 0 Å². The lowest BCUT2D eigenvalue weighted by Crippen LogP contribution is -2.47. The fourth-order valence-electron chi connectivity index (χ4n) is 2.12. The molecule has 0 radical (unpaired) electrons. The highest BCUT2D eigenvalue weighted by Gasteiger charge is 2.34. The van der Waals surface area contributed by atoms with Gasteiger partial charge in [-0.2, -0.15) is 4.31 Å². The van der Waals surface area contributed by atoms with E-state index in [1.54, 1.807) is 6.92 Å². The molecule has 0 saturated carbocycles. The van der Waals surface area contributed by atoms with Crippen LogP contribution in [0.5, 0.6) is 0 Å². The monoisotopic (exact) mass is 307 g/mol. The Bertz CT molecular complexity index is 606. The zero-order chi connectivity index (χ0) is 14.9. The second kappa shape index (κ2) is 5.72. The summed E-state index contributed by atoms with van der Waals surface area (Å²) < 4.78 is 58.5. The van der Waals surface area contributed by atoms with Crippen LogP contribution in [0.1, 0.15) is 12.5 Å². The van der Waals surface area contributed by atoms with Crippen molar-refractivity contribution in [1.29, 1.82) is 0 Å². The van der Waals surface area contributed by atoms with Gasteiger partial charge in [-0.05, 0) is 19.1 Å². The van der Waals surface area contributed by atoms with Crippen LogP contribution >= 0.6 is 0 Å². The third kappa shape index (κ3) is 2.56. The Labute approximate surface area is 115 Å². The van der Waals surface area contributed by atoms with E-state index in [-0.39, 0.29) is 19.8 Å². The topological polar surface area (TPSA) is 66.8 Å². The second-order valence-electron chi connectivity index (χ2n) is 4.54. The van der Waals surface area contributed by atoms with Crippen LogP contribution in [0, 0.1) is 11.6 Å². The molecule has 5 nitrogen and oxygen atoms in total. The lowest BCUT2D eigenvalue weighted by molar-refractivity contribution is 0.0391. The Hall–Kier alpha value is -1.09. The maximum absolute atomic E-state index is 14.1. The number of aliphatic hydroxyl groups excluding tert-OH is 1. The molecule has 1 unspecified atom stereocenters. The van der Waals surface area contributed by atoms with E-state index < -0.39 is 44.8 Å². The van der Waals surface area contributed by atoms with Gasteiger partial charge in [0.25, 0.3) is 0 Å². The smallest absolute Gasteiger partial charge is 0.246 e. The zero-order valence-corrected chi connectivity index (χ0v) is 11.7. The van der Waals surface area contributed by atoms with Gasteiger partial charge in [0.05, 0.1) is 25.4 Å². The first-order chi connectivity index (χ1) is 9.39. The summed E-state index contributed by atoms with van der Waals surface area (Å²) in [7, 11) is -4.09. The second-order valence-corrected chi connectivity index (χ2v) is 6.39. The van der Waals surface area contributed by atoms with E-state index in [0.717, 1.165) is 16.4 Å². The molecule has 0 aliphatic carbocycles. The SMILES string of the molecule is CC1COCCN1S(=O)(=O)c1ccc(F)c(CO)c1F. The van der Waals surface area contributed by atoms with Crippen molar-refractivity contribution in [3.63, 3.8) is 0 Å². The molecule has 1 N–H and O–H groups in total. The molecule has 1 fully saturated rings. The summed E-state index contributed by atoms with van der Waals surface area (Å²) in [5, 5.41) is 8.94. The summed E-state index contributed by atoms with van der Waals surface area (Å²) in [6.45, 7) is 1.29. The number of aliphatic hydroxyl groups is 1. The molecule has 0 spiro atoms. The average molecular weight is 307 g/mol. The molecular weight excluding hydrogens is 292 g/mol. The van der Waals surface area contributed by atoms with Crippen LogP contribution in [-0.4, -0.2) is 43.6 Å². The predicted octanol–water partition coefficient (Wildman–Crippen LogP) is 0.867. The minimum atomic E-state index is -4.09. The minimum absolute atomic E-state index is 0.106. The lowest BCUT2D eigenvalue weighted by atomic mass is 10.2. The number of benzene rings is 1. The number of hydrogen-bond acceptors (Lipinski definition) is 4. The summed E-state index contributed by atoms with van der Waals surface area (Å²) in [4.78, 5) is -0.628. The Morgan fingerprint density at radius 1 is 1.45 bits per heavy atom. The zero-order valence-electron chi connectivity index (χ0n) is 10.8. The van der Waals surface area contributed by atoms with Gasteiger partial charge in [0.1, 0.15) is 10.7 Å². The van der Waals surface area contributed by atoms with Crippen molar-refractivity contribution in [2.45, 2.75) is 24.5 Å². The average Bonchev–Trinajstić information content (AvgIpc) is 2.39. The summed E-state index contributed by atoms with van der Waals surface area (Å²) in [5.41, 5.74) is -0.646. The molecule has 1 saturated heterocycles. The standard InChI is InChI=1S/C12H15F2NO4S/c1-8-7-19-5-4-15(8)20(17,18)11-3-2-10(13)9(6-16)12(11)14/h2-3,8,16H,4-7H2,1H3. The Kier molecular flexibility index (Phi) is 4.38. The van der Waals surface area contributed by atoms with Gasteiger partial charge < -0.3 is 9.84 Å². The maximum Gasteiger partial charge on any atom is 0.246 e. The first kappa shape index (κ1) is 15.3. The van der Waals surface area contributed by atoms with Gasteiger partial charge in [0.15, 0.2) is 5.82 Å². The van der Waals surface area contributed by atoms with Crippen molar-refractivity contribution in [3.8, 4) is 0 Å². The van der Waals surface area contributed by atoms with E-state index in [2.05, 4.69) is 0 Å². The molecule has 8 heteroatoms. The van der Waals surface area contributed by atoms with Crippen molar-refractivity contribution >= 4 is 10.0 Å². The van der Waals surface area contributed by atoms with E-state index in [9.17, 15) is 17.2 Å². The number of nitrogens with zero attached hydrogens (tertiary/aromatic N) is 1. The number of sulfonamides is 1. The first-order valence-electron chi connectivity index (χ1n) is 6.07. The van der Waals surface area contributed by atoms with E-state index in [1.165, 1.54) is 0 Å². The number of ether oxygens (including phenoxy) is 1. The number of morpholine rings is 1. The van der Waals surface area contributed by atoms with Gasteiger partial charge in [-0.1, -0.05) is 0 Å². The van der Waals surface area contributed by atoms with Crippen LogP contribution in [0.4, 0.5) is 8.78 Å². The van der Waals surface area contributed by atoms with Crippen molar-refractivity contribution in [1.82, 2.24) is 4.31 Å². The molecule has 1 heterocycles. The molecule has 1 atom stereocenters. The van der Waals surface area contributed by atoms with Crippen molar-refractivity contribution in [2.24, 2.45) is 0 Å². The Morgan fingerprint density at radius 2 is 2.15 bits per heavy atom. The van der Waals surface area contributed by atoms with Crippen LogP contribution in [0.15, 0.2) is 17.0 Å². The molecule has 1 aliphatic rings. The molecule has 0 amide bonds. The molecule has 0 bridgehead atoms. The number of rotatable bonds is 3. The van der Waals surface area contributed by atoms with E-state index in [1.807, 2.05) is 0 Å². The number of halogens is 2. The van der Waals surface area contributed by atoms with E-state index in [4.69, 9.17) is 9.84 Å². The predicted molar refractivity (Wildman–Crippen MR) is 66.5 cm³/mol. The van der Waals surface area contributed by atoms with Crippen molar-refractivity contribution in [3.05, 3.63) is 29.3 Å². The molecule has 1 aromatic rings. The third-order valence-corrected chi connectivity index (χ3v) is 5.23. The Morgan fingerprint density at radius 3 is 2.75 bits per heavy atom. The van der Waals surface area contributed by atoms with E-state index in [0.29, 0.717) is 0 Å². The quantitative estimate of drug-likeness (QED) is 0.900. The molecule has 1 aromatic carbocycles. The highest BCUT2D eigenvalue weighted by molar-refractivity contribution is 7.89. The summed E-state index contributed by atoms with van der Waals surface area (Å²) in [6, 6.07) is 1.28. The van der Waals surface area contributed by atoms with Gasteiger partial charge in [-0.25, -0.2) is 17.2 Å². The molecule has 1 aliphatic heterocycles. The van der Waals surface area contributed by atoms with Crippen LogP contribution in [0.3, 0.4) is 0 Å². The summed E-state index contributed by atoms with van der Waals surface area (Å²) in [5.74, 6) is -2.22. The first-order valence-corrected chi connectivity index (χ1v) is 7.51. The Balaban J connectivity index is 2.49. The molecule has 20 heavy (non-hydrogen) atoms. The van der Waals surface area contributed by atoms with Crippen molar-refractivity contribution < 1.29 is 27.0 Å². The normalized spacial score (nSPS) is 21.1. The van der Waals surface area contributed by atoms with Gasteiger partial charge >= 0.3 is 0 Å². The highest BCUT2D eigenvalue weighted by Crippen LogP contribution is 2.26. The largest absolute Gasteiger partial charge is 0.391 e. The van der Waals surface area contributed by atoms with Crippen LogP contribution in [0.25, 0.3) is 0 Å². The fraction of sp³-hybridized carbons (Fsp3) is 0.500.